The van der Waals surface area contributed by atoms with E-state index < -0.39 is 5.60 Å². The van der Waals surface area contributed by atoms with Gasteiger partial charge >= 0.3 is 0 Å². The zero-order valence-corrected chi connectivity index (χ0v) is 22.1. The van der Waals surface area contributed by atoms with E-state index in [4.69, 9.17) is 15.0 Å². The van der Waals surface area contributed by atoms with Gasteiger partial charge in [0.2, 0.25) is 5.95 Å². The van der Waals surface area contributed by atoms with E-state index in [9.17, 15) is 5.11 Å². The molecular formula is C28H36N6OS. The van der Waals surface area contributed by atoms with Gasteiger partial charge in [-0.2, -0.15) is 4.98 Å². The normalized spacial score (nSPS) is 26.4. The number of anilines is 2. The Labute approximate surface area is 216 Å². The average Bonchev–Trinajstić information content (AvgIpc) is 3.69. The molecule has 2 atom stereocenters. The molecule has 36 heavy (non-hydrogen) atoms. The molecule has 0 bridgehead atoms. The van der Waals surface area contributed by atoms with Crippen LogP contribution in [0.5, 0.6) is 0 Å². The number of fused-ring (bicyclic) bond motifs is 1. The molecule has 4 saturated carbocycles. The topological polar surface area (TPSA) is 95.9 Å². The lowest BCUT2D eigenvalue weighted by Gasteiger charge is -2.29. The molecule has 0 spiro atoms. The van der Waals surface area contributed by atoms with Crippen LogP contribution in [0.15, 0.2) is 12.3 Å². The first-order valence-electron chi connectivity index (χ1n) is 13.8. The predicted molar refractivity (Wildman–Crippen MR) is 144 cm³/mol. The number of rotatable bonds is 7. The van der Waals surface area contributed by atoms with Gasteiger partial charge in [0.25, 0.3) is 0 Å². The van der Waals surface area contributed by atoms with Gasteiger partial charge in [-0.3, -0.25) is 4.98 Å². The van der Waals surface area contributed by atoms with Crippen LogP contribution >= 0.6 is 11.3 Å². The number of aryl methyl sites for hydroxylation is 2. The first kappa shape index (κ1) is 22.8. The van der Waals surface area contributed by atoms with Crippen molar-refractivity contribution in [1.82, 2.24) is 19.9 Å². The van der Waals surface area contributed by atoms with Gasteiger partial charge in [-0.05, 0) is 89.5 Å². The molecule has 4 fully saturated rings. The molecule has 3 aromatic heterocycles. The maximum atomic E-state index is 11.2. The first-order chi connectivity index (χ1) is 17.4. The maximum absolute atomic E-state index is 11.2. The molecule has 190 valence electrons. The molecule has 3 aromatic rings. The Bertz CT molecular complexity index is 1310. The number of aliphatic hydroxyl groups is 1. The highest BCUT2D eigenvalue weighted by Crippen LogP contribution is 2.55. The molecule has 0 radical (unpaired) electrons. The Morgan fingerprint density at radius 3 is 2.44 bits per heavy atom. The lowest BCUT2D eigenvalue weighted by atomic mass is 9.84. The summed E-state index contributed by atoms with van der Waals surface area (Å²) < 4.78 is 1.14. The Morgan fingerprint density at radius 2 is 1.72 bits per heavy atom. The second-order valence-electron chi connectivity index (χ2n) is 11.8. The van der Waals surface area contributed by atoms with E-state index in [0.29, 0.717) is 12.0 Å². The van der Waals surface area contributed by atoms with E-state index in [1.807, 2.05) is 19.2 Å². The van der Waals surface area contributed by atoms with E-state index in [2.05, 4.69) is 22.5 Å². The standard InChI is InChI=1S/C28H36N6OS/c1-16-22(25-32-23-17(2)29-14-9-21(23)36-25)24(33-26(30-16)34-27(12-13-27)18-5-6-18)31-20-8-7-19(15-20)28(35)10-3-4-11-28/h9,14,18-20,35H,3-8,10-13,15H2,1-2H3,(H2,30,31,33,34). The molecule has 0 aromatic carbocycles. The first-order valence-corrected chi connectivity index (χ1v) is 14.6. The molecule has 4 aliphatic carbocycles. The number of thiazole rings is 1. The van der Waals surface area contributed by atoms with Crippen molar-refractivity contribution in [1.29, 1.82) is 0 Å². The summed E-state index contributed by atoms with van der Waals surface area (Å²) in [4.78, 5) is 19.5. The van der Waals surface area contributed by atoms with Gasteiger partial charge in [0.05, 0.1) is 27.3 Å². The molecule has 7 nitrogen and oxygen atoms in total. The number of pyridine rings is 1. The van der Waals surface area contributed by atoms with Gasteiger partial charge in [-0.15, -0.1) is 11.3 Å². The molecule has 0 aliphatic heterocycles. The number of nitrogens with zero attached hydrogens (tertiary/aromatic N) is 4. The van der Waals surface area contributed by atoms with Crippen LogP contribution < -0.4 is 10.6 Å². The summed E-state index contributed by atoms with van der Waals surface area (Å²) >= 11 is 1.69. The summed E-state index contributed by atoms with van der Waals surface area (Å²) in [6, 6.07) is 2.34. The van der Waals surface area contributed by atoms with Gasteiger partial charge in [0, 0.05) is 17.8 Å². The van der Waals surface area contributed by atoms with E-state index in [1.54, 1.807) is 11.3 Å². The van der Waals surface area contributed by atoms with Crippen molar-refractivity contribution in [3.63, 3.8) is 0 Å². The molecule has 8 heteroatoms. The van der Waals surface area contributed by atoms with E-state index >= 15 is 0 Å². The minimum atomic E-state index is -0.465. The van der Waals surface area contributed by atoms with Crippen molar-refractivity contribution in [2.24, 2.45) is 11.8 Å². The fraction of sp³-hybridized carbons (Fsp3) is 0.643. The minimum Gasteiger partial charge on any atom is -0.390 e. The predicted octanol–water partition coefficient (Wildman–Crippen LogP) is 6.01. The lowest BCUT2D eigenvalue weighted by Crippen LogP contribution is -2.34. The van der Waals surface area contributed by atoms with Crippen LogP contribution in [-0.2, 0) is 0 Å². The van der Waals surface area contributed by atoms with E-state index in [1.165, 1.54) is 25.7 Å². The highest BCUT2D eigenvalue weighted by molar-refractivity contribution is 7.21. The third-order valence-corrected chi connectivity index (χ3v) is 10.3. The fourth-order valence-corrected chi connectivity index (χ4v) is 8.01. The van der Waals surface area contributed by atoms with E-state index in [0.717, 1.165) is 94.8 Å². The maximum Gasteiger partial charge on any atom is 0.225 e. The van der Waals surface area contributed by atoms with Gasteiger partial charge in [-0.1, -0.05) is 12.8 Å². The highest BCUT2D eigenvalue weighted by Gasteiger charge is 2.54. The number of hydrogen-bond donors (Lipinski definition) is 3. The molecule has 4 aliphatic rings. The van der Waals surface area contributed by atoms with Gasteiger partial charge < -0.3 is 15.7 Å². The summed E-state index contributed by atoms with van der Waals surface area (Å²) in [5.74, 6) is 2.78. The summed E-state index contributed by atoms with van der Waals surface area (Å²) in [6.07, 6.45) is 14.3. The van der Waals surface area contributed by atoms with Crippen LogP contribution in [0.2, 0.25) is 0 Å². The van der Waals surface area contributed by atoms with Crippen molar-refractivity contribution < 1.29 is 5.11 Å². The molecule has 3 heterocycles. The fourth-order valence-electron chi connectivity index (χ4n) is 6.90. The van der Waals surface area contributed by atoms with Crippen LogP contribution in [0.3, 0.4) is 0 Å². The second kappa shape index (κ2) is 8.35. The Morgan fingerprint density at radius 1 is 0.944 bits per heavy atom. The molecular weight excluding hydrogens is 468 g/mol. The van der Waals surface area contributed by atoms with E-state index in [-0.39, 0.29) is 5.54 Å². The van der Waals surface area contributed by atoms with Crippen LogP contribution in [-0.4, -0.2) is 42.2 Å². The van der Waals surface area contributed by atoms with Gasteiger partial charge in [0.15, 0.2) is 0 Å². The average molecular weight is 505 g/mol. The molecule has 0 saturated heterocycles. The molecule has 7 rings (SSSR count). The third-order valence-electron chi connectivity index (χ3n) is 9.30. The van der Waals surface area contributed by atoms with Crippen LogP contribution in [0.25, 0.3) is 20.8 Å². The number of nitrogens with one attached hydrogen (secondary N) is 2. The summed E-state index contributed by atoms with van der Waals surface area (Å²) in [5.41, 5.74) is 3.61. The zero-order chi connectivity index (χ0) is 24.5. The molecule has 2 unspecified atom stereocenters. The van der Waals surface area contributed by atoms with Crippen LogP contribution in [0.4, 0.5) is 11.8 Å². The largest absolute Gasteiger partial charge is 0.390 e. The smallest absolute Gasteiger partial charge is 0.225 e. The van der Waals surface area contributed by atoms with Crippen LogP contribution in [0, 0.1) is 25.7 Å². The van der Waals surface area contributed by atoms with Gasteiger partial charge in [0.1, 0.15) is 16.3 Å². The van der Waals surface area contributed by atoms with Gasteiger partial charge in [-0.25, -0.2) is 9.97 Å². The van der Waals surface area contributed by atoms with Crippen molar-refractivity contribution >= 4 is 33.3 Å². The van der Waals surface area contributed by atoms with Crippen LogP contribution in [0.1, 0.15) is 82.0 Å². The zero-order valence-electron chi connectivity index (χ0n) is 21.3. The molecule has 0 amide bonds. The Hall–Kier alpha value is -2.32. The summed E-state index contributed by atoms with van der Waals surface area (Å²) in [6.45, 7) is 4.10. The lowest BCUT2D eigenvalue weighted by molar-refractivity contribution is -0.00994. The summed E-state index contributed by atoms with van der Waals surface area (Å²) in [5, 5.41) is 19.7. The summed E-state index contributed by atoms with van der Waals surface area (Å²) in [7, 11) is 0. The minimum absolute atomic E-state index is 0.216. The van der Waals surface area contributed by atoms with Crippen molar-refractivity contribution in [3.05, 3.63) is 23.7 Å². The Balaban J connectivity index is 1.23. The third kappa shape index (κ3) is 3.97. The Kier molecular flexibility index (Phi) is 5.30. The monoisotopic (exact) mass is 504 g/mol. The quantitative estimate of drug-likeness (QED) is 0.363. The molecule has 3 N–H and O–H groups in total. The second-order valence-corrected chi connectivity index (χ2v) is 12.9. The highest BCUT2D eigenvalue weighted by atomic mass is 32.1. The van der Waals surface area contributed by atoms with Crippen molar-refractivity contribution in [2.75, 3.05) is 10.6 Å². The van der Waals surface area contributed by atoms with Crippen molar-refractivity contribution in [3.8, 4) is 10.6 Å². The SMILES string of the molecule is Cc1nc(NC2(C3CC3)CC2)nc(NC2CCC(C3(O)CCCC3)C2)c1-c1nc2c(C)nccc2s1. The number of aromatic nitrogens is 4. The van der Waals surface area contributed by atoms with Crippen molar-refractivity contribution in [2.45, 2.75) is 102 Å². The number of hydrogen-bond acceptors (Lipinski definition) is 8.